The quantitative estimate of drug-likeness (QED) is 0.571. The lowest BCUT2D eigenvalue weighted by Gasteiger charge is -2.29. The molecule has 0 fully saturated rings. The number of carbonyl (C=O) groups excluding carboxylic acids is 1. The maximum Gasteiger partial charge on any atom is 0.231 e. The Labute approximate surface area is 163 Å². The van der Waals surface area contributed by atoms with Gasteiger partial charge in [-0.05, 0) is 42.3 Å². The van der Waals surface area contributed by atoms with E-state index in [-0.39, 0.29) is 5.78 Å². The van der Waals surface area contributed by atoms with Gasteiger partial charge in [0.25, 0.3) is 0 Å². The van der Waals surface area contributed by atoms with Crippen LogP contribution in [-0.2, 0) is 11.3 Å². The smallest absolute Gasteiger partial charge is 0.231 e. The first-order valence-electron chi connectivity index (χ1n) is 8.85. The second kappa shape index (κ2) is 7.72. The molecule has 2 aromatic rings. The number of hydrogen-bond donors (Lipinski definition) is 0. The summed E-state index contributed by atoms with van der Waals surface area (Å²) in [6, 6.07) is 10.9. The summed E-state index contributed by atoms with van der Waals surface area (Å²) in [5.74, 6) is 1.59. The van der Waals surface area contributed by atoms with E-state index < -0.39 is 0 Å². The first-order valence-corrected chi connectivity index (χ1v) is 9.23. The van der Waals surface area contributed by atoms with E-state index in [1.165, 1.54) is 0 Å². The van der Waals surface area contributed by atoms with Crippen molar-refractivity contribution in [1.29, 1.82) is 0 Å². The average Bonchev–Trinajstić information content (AvgIpc) is 3.00. The maximum absolute atomic E-state index is 12.8. The molecule has 0 amide bonds. The second-order valence-electron chi connectivity index (χ2n) is 6.58. The molecule has 0 N–H and O–H groups in total. The minimum absolute atomic E-state index is 0.112. The summed E-state index contributed by atoms with van der Waals surface area (Å²) in [6.07, 6.45) is 2.66. The van der Waals surface area contributed by atoms with Gasteiger partial charge in [-0.1, -0.05) is 23.7 Å². The summed E-state index contributed by atoms with van der Waals surface area (Å²) in [7, 11) is 1.70. The lowest BCUT2D eigenvalue weighted by atomic mass is 10.0. The summed E-state index contributed by atoms with van der Waals surface area (Å²) >= 11 is 5.92. The first-order chi connectivity index (χ1) is 13.2. The number of fused-ring (bicyclic) bond motifs is 3. The normalized spacial score (nSPS) is 17.4. The molecule has 0 unspecified atom stereocenters. The molecule has 0 aromatic heterocycles. The second-order valence-corrected chi connectivity index (χ2v) is 7.02. The van der Waals surface area contributed by atoms with E-state index in [1.807, 2.05) is 18.2 Å². The van der Waals surface area contributed by atoms with Gasteiger partial charge >= 0.3 is 0 Å². The van der Waals surface area contributed by atoms with Crippen molar-refractivity contribution in [3.63, 3.8) is 0 Å². The van der Waals surface area contributed by atoms with Gasteiger partial charge in [0.15, 0.2) is 5.76 Å². The van der Waals surface area contributed by atoms with Crippen LogP contribution in [0.4, 0.5) is 0 Å². The molecule has 4 rings (SSSR count). The van der Waals surface area contributed by atoms with Crippen molar-refractivity contribution in [1.82, 2.24) is 4.90 Å². The molecular weight excluding hydrogens is 366 g/mol. The average molecular weight is 386 g/mol. The highest BCUT2D eigenvalue weighted by Gasteiger charge is 2.33. The van der Waals surface area contributed by atoms with Crippen molar-refractivity contribution >= 4 is 23.5 Å². The zero-order chi connectivity index (χ0) is 18.8. The summed E-state index contributed by atoms with van der Waals surface area (Å²) in [5, 5.41) is 0.652. The summed E-state index contributed by atoms with van der Waals surface area (Å²) in [4.78, 5) is 14.9. The number of halogens is 1. The third-order valence-electron chi connectivity index (χ3n) is 4.67. The summed E-state index contributed by atoms with van der Waals surface area (Å²) in [6.45, 7) is 2.78. The largest absolute Gasteiger partial charge is 0.478 e. The highest BCUT2D eigenvalue weighted by Crippen LogP contribution is 2.42. The number of benzene rings is 2. The molecule has 2 aliphatic rings. The Bertz CT molecular complexity index is 892. The maximum atomic E-state index is 12.8. The van der Waals surface area contributed by atoms with Crippen molar-refractivity contribution < 1.29 is 19.0 Å². The van der Waals surface area contributed by atoms with Gasteiger partial charge in [0, 0.05) is 31.8 Å². The lowest BCUT2D eigenvalue weighted by Crippen LogP contribution is -2.33. The zero-order valence-electron chi connectivity index (χ0n) is 15.0. The van der Waals surface area contributed by atoms with Crippen molar-refractivity contribution in [3.05, 3.63) is 63.9 Å². The minimum Gasteiger partial charge on any atom is -0.478 e. The highest BCUT2D eigenvalue weighted by atomic mass is 35.5. The Morgan fingerprint density at radius 3 is 2.81 bits per heavy atom. The van der Waals surface area contributed by atoms with Gasteiger partial charge in [-0.3, -0.25) is 9.69 Å². The number of allylic oxidation sites excluding steroid dienone is 1. The van der Waals surface area contributed by atoms with E-state index in [1.54, 1.807) is 31.4 Å². The minimum atomic E-state index is -0.112. The van der Waals surface area contributed by atoms with Crippen molar-refractivity contribution in [2.75, 3.05) is 27.0 Å². The molecule has 6 heteroatoms. The van der Waals surface area contributed by atoms with Crippen molar-refractivity contribution in [2.24, 2.45) is 0 Å². The van der Waals surface area contributed by atoms with Crippen LogP contribution in [0.1, 0.15) is 27.9 Å². The molecular formula is C21H20ClNO4. The monoisotopic (exact) mass is 385 g/mol. The van der Waals surface area contributed by atoms with Crippen LogP contribution in [0.15, 0.2) is 42.2 Å². The van der Waals surface area contributed by atoms with Crippen LogP contribution in [0, 0.1) is 0 Å². The number of hydrogen-bond acceptors (Lipinski definition) is 5. The molecule has 0 saturated carbocycles. The Morgan fingerprint density at radius 1 is 1.22 bits per heavy atom. The molecule has 0 atom stereocenters. The number of carbonyl (C=O) groups is 1. The Balaban J connectivity index is 1.59. The number of ether oxygens (including phenoxy) is 3. The Morgan fingerprint density at radius 2 is 2.04 bits per heavy atom. The number of ketones is 1. The van der Waals surface area contributed by atoms with Crippen LogP contribution in [0.2, 0.25) is 5.02 Å². The van der Waals surface area contributed by atoms with Gasteiger partial charge in [0.1, 0.15) is 18.2 Å². The lowest BCUT2D eigenvalue weighted by molar-refractivity contribution is 0.0823. The molecule has 0 aliphatic carbocycles. The zero-order valence-corrected chi connectivity index (χ0v) is 15.8. The Hall–Kier alpha value is -2.34. The van der Waals surface area contributed by atoms with Gasteiger partial charge in [-0.15, -0.1) is 0 Å². The van der Waals surface area contributed by atoms with Crippen LogP contribution in [0.3, 0.4) is 0 Å². The molecule has 27 heavy (non-hydrogen) atoms. The molecule has 0 radical (unpaired) electrons. The standard InChI is InChI=1S/C21H20ClNO4/c1-25-10-2-9-23-12-17-18(26-13-23)8-7-16-20(24)19(27-21(16)17)11-14-3-5-15(22)6-4-14/h3-8,11H,2,9-10,12-13H2,1H3/b19-11-. The van der Waals surface area contributed by atoms with E-state index in [9.17, 15) is 4.79 Å². The predicted octanol–water partition coefficient (Wildman–Crippen LogP) is 4.14. The van der Waals surface area contributed by atoms with E-state index >= 15 is 0 Å². The SMILES string of the molecule is COCCCN1COc2ccc3c(c2C1)O/C(=C\c1ccc(Cl)cc1)C3=O. The fourth-order valence-corrected chi connectivity index (χ4v) is 3.42. The van der Waals surface area contributed by atoms with Gasteiger partial charge in [0.2, 0.25) is 5.78 Å². The number of nitrogens with zero attached hydrogens (tertiary/aromatic N) is 1. The molecule has 5 nitrogen and oxygen atoms in total. The molecule has 0 bridgehead atoms. The van der Waals surface area contributed by atoms with E-state index in [0.29, 0.717) is 42.0 Å². The van der Waals surface area contributed by atoms with E-state index in [2.05, 4.69) is 4.90 Å². The number of methoxy groups -OCH3 is 1. The highest BCUT2D eigenvalue weighted by molar-refractivity contribution is 6.30. The van der Waals surface area contributed by atoms with E-state index in [0.717, 1.165) is 29.8 Å². The number of rotatable bonds is 5. The summed E-state index contributed by atoms with van der Waals surface area (Å²) < 4.78 is 16.9. The van der Waals surface area contributed by atoms with Gasteiger partial charge in [-0.25, -0.2) is 0 Å². The molecule has 0 spiro atoms. The molecule has 0 saturated heterocycles. The first kappa shape index (κ1) is 18.0. The van der Waals surface area contributed by atoms with Crippen LogP contribution < -0.4 is 9.47 Å². The molecule has 2 heterocycles. The molecule has 2 aliphatic heterocycles. The van der Waals surface area contributed by atoms with Gasteiger partial charge < -0.3 is 14.2 Å². The fraction of sp³-hybridized carbons (Fsp3) is 0.286. The number of Topliss-reactive ketones (excluding diaryl/α,β-unsaturated/α-hetero) is 1. The predicted molar refractivity (Wildman–Crippen MR) is 103 cm³/mol. The van der Waals surface area contributed by atoms with Crippen molar-refractivity contribution in [3.8, 4) is 11.5 Å². The van der Waals surface area contributed by atoms with Crippen LogP contribution in [0.5, 0.6) is 11.5 Å². The third kappa shape index (κ3) is 3.72. The fourth-order valence-electron chi connectivity index (χ4n) is 3.29. The topological polar surface area (TPSA) is 48.0 Å². The van der Waals surface area contributed by atoms with Crippen LogP contribution >= 0.6 is 11.6 Å². The molecule has 140 valence electrons. The van der Waals surface area contributed by atoms with Crippen molar-refractivity contribution in [2.45, 2.75) is 13.0 Å². The Kier molecular flexibility index (Phi) is 5.16. The van der Waals surface area contributed by atoms with Gasteiger partial charge in [-0.2, -0.15) is 0 Å². The van der Waals surface area contributed by atoms with Crippen LogP contribution in [-0.4, -0.2) is 37.7 Å². The molecule has 2 aromatic carbocycles. The van der Waals surface area contributed by atoms with E-state index in [4.69, 9.17) is 25.8 Å². The summed E-state index contributed by atoms with van der Waals surface area (Å²) in [5.41, 5.74) is 2.36. The third-order valence-corrected chi connectivity index (χ3v) is 4.92. The van der Waals surface area contributed by atoms with Crippen LogP contribution in [0.25, 0.3) is 6.08 Å². The van der Waals surface area contributed by atoms with Gasteiger partial charge in [0.05, 0.1) is 11.1 Å².